The Morgan fingerprint density at radius 2 is 1.93 bits per heavy atom. The Labute approximate surface area is 227 Å². The Balaban J connectivity index is 1.67. The maximum atomic E-state index is 16.4. The molecule has 0 bridgehead atoms. The molecule has 1 aliphatic rings. The summed E-state index contributed by atoms with van der Waals surface area (Å²) in [6.07, 6.45) is -5.03. The van der Waals surface area contributed by atoms with Gasteiger partial charge in [-0.2, -0.15) is 33.5 Å². The number of anilines is 2. The van der Waals surface area contributed by atoms with Gasteiger partial charge in [0.1, 0.15) is 28.2 Å². The third-order valence-corrected chi connectivity index (χ3v) is 7.82. The van der Waals surface area contributed by atoms with E-state index in [0.29, 0.717) is 24.4 Å². The van der Waals surface area contributed by atoms with Crippen LogP contribution in [0.25, 0.3) is 32.1 Å². The van der Waals surface area contributed by atoms with Crippen LogP contribution >= 0.6 is 11.3 Å². The maximum Gasteiger partial charge on any atom is 0.417 e. The van der Waals surface area contributed by atoms with Crippen LogP contribution in [0.4, 0.5) is 32.8 Å². The molecular weight excluding hydrogens is 553 g/mol. The van der Waals surface area contributed by atoms with E-state index in [1.807, 2.05) is 13.0 Å². The van der Waals surface area contributed by atoms with Crippen molar-refractivity contribution in [3.05, 3.63) is 58.4 Å². The second-order valence-electron chi connectivity index (χ2n) is 9.21. The van der Waals surface area contributed by atoms with E-state index in [-0.39, 0.29) is 50.0 Å². The van der Waals surface area contributed by atoms with E-state index in [1.54, 1.807) is 15.7 Å². The number of thiophene rings is 1. The number of nitrogen functional groups attached to an aromatic ring is 1. The number of ether oxygens (including phenoxy) is 1. The van der Waals surface area contributed by atoms with E-state index in [9.17, 15) is 22.8 Å². The van der Waals surface area contributed by atoms with E-state index >= 15 is 4.39 Å². The number of nitriles is 1. The van der Waals surface area contributed by atoms with E-state index < -0.39 is 34.5 Å². The molecule has 204 valence electrons. The van der Waals surface area contributed by atoms with E-state index in [4.69, 9.17) is 10.5 Å². The largest absolute Gasteiger partial charge is 0.467 e. The zero-order valence-electron chi connectivity index (χ0n) is 20.9. The SMILES string of the molecule is COc1nc(N2CCn3nc(C)cc3C2)c2cc(C(F)(F)F)c(-c3ccc(F)c4sc(N)c(C#N)c34)c(F)c2n1. The van der Waals surface area contributed by atoms with Crippen molar-refractivity contribution in [2.45, 2.75) is 26.2 Å². The van der Waals surface area contributed by atoms with Gasteiger partial charge in [0, 0.05) is 22.9 Å². The van der Waals surface area contributed by atoms with Gasteiger partial charge >= 0.3 is 12.2 Å². The van der Waals surface area contributed by atoms with Crippen molar-refractivity contribution in [2.75, 3.05) is 24.3 Å². The molecule has 2 N–H and O–H groups in total. The van der Waals surface area contributed by atoms with Crippen LogP contribution in [-0.2, 0) is 19.3 Å². The molecule has 2 aromatic carbocycles. The molecule has 0 unspecified atom stereocenters. The molecule has 0 aliphatic carbocycles. The Hall–Kier alpha value is -4.51. The number of fused-ring (bicyclic) bond motifs is 3. The molecule has 0 saturated carbocycles. The summed E-state index contributed by atoms with van der Waals surface area (Å²) in [6, 6.07) is 6.13. The van der Waals surface area contributed by atoms with Crippen molar-refractivity contribution in [1.82, 2.24) is 19.7 Å². The molecule has 1 aliphatic heterocycles. The van der Waals surface area contributed by atoms with Crippen LogP contribution in [0.2, 0.25) is 0 Å². The summed E-state index contributed by atoms with van der Waals surface area (Å²) in [5, 5.41) is 13.6. The molecule has 5 aromatic rings. The first-order valence-electron chi connectivity index (χ1n) is 11.9. The second kappa shape index (κ2) is 9.02. The quantitative estimate of drug-likeness (QED) is 0.273. The Bertz CT molecular complexity index is 1890. The van der Waals surface area contributed by atoms with Crippen molar-refractivity contribution >= 4 is 43.1 Å². The van der Waals surface area contributed by atoms with Crippen LogP contribution in [0.3, 0.4) is 0 Å². The highest BCUT2D eigenvalue weighted by Crippen LogP contribution is 2.48. The van der Waals surface area contributed by atoms with E-state index in [1.165, 1.54) is 7.11 Å². The summed E-state index contributed by atoms with van der Waals surface area (Å²) in [7, 11) is 1.26. The van der Waals surface area contributed by atoms with Crippen molar-refractivity contribution in [1.29, 1.82) is 5.26 Å². The van der Waals surface area contributed by atoms with Gasteiger partial charge in [0.2, 0.25) is 0 Å². The summed E-state index contributed by atoms with van der Waals surface area (Å²) >= 11 is 0.702. The molecule has 0 spiro atoms. The topological polar surface area (TPSA) is 106 Å². The van der Waals surface area contributed by atoms with Gasteiger partial charge in [-0.05, 0) is 30.7 Å². The lowest BCUT2D eigenvalue weighted by molar-refractivity contribution is -0.137. The van der Waals surface area contributed by atoms with Crippen molar-refractivity contribution in [3.8, 4) is 23.2 Å². The normalized spacial score (nSPS) is 13.6. The predicted octanol–water partition coefficient (Wildman–Crippen LogP) is 5.80. The van der Waals surface area contributed by atoms with Crippen molar-refractivity contribution in [3.63, 3.8) is 0 Å². The van der Waals surface area contributed by atoms with Crippen LogP contribution in [-0.4, -0.2) is 33.4 Å². The van der Waals surface area contributed by atoms with Gasteiger partial charge in [-0.1, -0.05) is 6.07 Å². The molecule has 0 saturated heterocycles. The third kappa shape index (κ3) is 3.88. The molecule has 14 heteroatoms. The highest BCUT2D eigenvalue weighted by molar-refractivity contribution is 7.23. The fraction of sp³-hybridized carbons (Fsp3) is 0.231. The molecule has 4 heterocycles. The first-order valence-corrected chi connectivity index (χ1v) is 12.7. The zero-order valence-corrected chi connectivity index (χ0v) is 21.7. The number of aryl methyl sites for hydroxylation is 1. The molecule has 0 atom stereocenters. The van der Waals surface area contributed by atoms with Gasteiger partial charge in [0.05, 0.1) is 47.4 Å². The minimum atomic E-state index is -5.03. The van der Waals surface area contributed by atoms with Gasteiger partial charge in [0.25, 0.3) is 0 Å². The summed E-state index contributed by atoms with van der Waals surface area (Å²) in [6.45, 7) is 2.87. The standard InChI is InChI=1S/C26H18F5N7OS/c1-11-7-12-10-37(5-6-38(12)36-11)24-14-8-16(26(29,30)31)19(20(28)21(14)34-25(35-24)39-2)13-3-4-17(27)22-18(13)15(9-32)23(33)40-22/h3-4,7-8H,5-6,10,33H2,1-2H3. The molecule has 0 amide bonds. The number of hydrogen-bond donors (Lipinski definition) is 1. The minimum Gasteiger partial charge on any atom is -0.467 e. The van der Waals surface area contributed by atoms with Crippen LogP contribution < -0.4 is 15.4 Å². The Morgan fingerprint density at radius 1 is 1.15 bits per heavy atom. The molecular formula is C26H18F5N7OS. The van der Waals surface area contributed by atoms with Crippen LogP contribution in [0.15, 0.2) is 24.3 Å². The molecule has 6 rings (SSSR count). The zero-order chi connectivity index (χ0) is 28.5. The fourth-order valence-corrected chi connectivity index (χ4v) is 6.06. The van der Waals surface area contributed by atoms with Crippen LogP contribution in [0, 0.1) is 29.9 Å². The Kier molecular flexibility index (Phi) is 5.81. The van der Waals surface area contributed by atoms with E-state index in [2.05, 4.69) is 15.1 Å². The van der Waals surface area contributed by atoms with Crippen LogP contribution in [0.1, 0.15) is 22.5 Å². The van der Waals surface area contributed by atoms with Crippen molar-refractivity contribution < 1.29 is 26.7 Å². The lowest BCUT2D eigenvalue weighted by atomic mass is 9.92. The number of halogens is 5. The van der Waals surface area contributed by atoms with Crippen LogP contribution in [0.5, 0.6) is 6.01 Å². The molecule has 3 aromatic heterocycles. The van der Waals surface area contributed by atoms with Gasteiger partial charge in [-0.3, -0.25) is 4.68 Å². The molecule has 0 fully saturated rings. The summed E-state index contributed by atoms with van der Waals surface area (Å²) in [4.78, 5) is 10.1. The summed E-state index contributed by atoms with van der Waals surface area (Å²) in [5.74, 6) is -2.05. The first-order chi connectivity index (χ1) is 19.0. The molecule has 40 heavy (non-hydrogen) atoms. The number of alkyl halides is 3. The average Bonchev–Trinajstić information content (AvgIpc) is 3.46. The number of nitrogens with zero attached hydrogens (tertiary/aromatic N) is 6. The third-order valence-electron chi connectivity index (χ3n) is 6.80. The Morgan fingerprint density at radius 3 is 2.62 bits per heavy atom. The number of hydrogen-bond acceptors (Lipinski definition) is 8. The first kappa shape index (κ1) is 25.8. The minimum absolute atomic E-state index is 0.0599. The van der Waals surface area contributed by atoms with Gasteiger partial charge in [-0.15, -0.1) is 11.3 Å². The lowest BCUT2D eigenvalue weighted by Crippen LogP contribution is -2.34. The van der Waals surface area contributed by atoms with Gasteiger partial charge < -0.3 is 15.4 Å². The lowest BCUT2D eigenvalue weighted by Gasteiger charge is -2.30. The fourth-order valence-electron chi connectivity index (χ4n) is 5.11. The van der Waals surface area contributed by atoms with Gasteiger partial charge in [-0.25, -0.2) is 8.78 Å². The predicted molar refractivity (Wildman–Crippen MR) is 139 cm³/mol. The summed E-state index contributed by atoms with van der Waals surface area (Å²) in [5.41, 5.74) is 4.29. The highest BCUT2D eigenvalue weighted by Gasteiger charge is 2.38. The monoisotopic (exact) mass is 571 g/mol. The second-order valence-corrected chi connectivity index (χ2v) is 10.3. The smallest absolute Gasteiger partial charge is 0.417 e. The summed E-state index contributed by atoms with van der Waals surface area (Å²) < 4.78 is 81.7. The van der Waals surface area contributed by atoms with E-state index in [0.717, 1.165) is 29.6 Å². The number of benzene rings is 2. The van der Waals surface area contributed by atoms with Crippen molar-refractivity contribution in [2.24, 2.45) is 0 Å². The van der Waals surface area contributed by atoms with Gasteiger partial charge in [0.15, 0.2) is 5.82 Å². The molecule has 8 nitrogen and oxygen atoms in total. The number of nitrogens with two attached hydrogens (primary N) is 1. The highest BCUT2D eigenvalue weighted by atomic mass is 32.1. The number of aromatic nitrogens is 4. The number of rotatable bonds is 3. The molecule has 0 radical (unpaired) electrons. The number of methoxy groups -OCH3 is 1. The average molecular weight is 572 g/mol. The maximum absolute atomic E-state index is 16.4.